The summed E-state index contributed by atoms with van der Waals surface area (Å²) in [5.41, 5.74) is 2.45. The third kappa shape index (κ3) is 4.35. The molecule has 1 amide bonds. The van der Waals surface area contributed by atoms with Crippen molar-refractivity contribution in [3.05, 3.63) is 47.9 Å². The van der Waals surface area contributed by atoms with Crippen LogP contribution in [0.4, 0.5) is 11.5 Å². The van der Waals surface area contributed by atoms with E-state index in [2.05, 4.69) is 15.3 Å². The predicted octanol–water partition coefficient (Wildman–Crippen LogP) is 4.20. The zero-order chi connectivity index (χ0) is 17.6. The van der Waals surface area contributed by atoms with Crippen molar-refractivity contribution in [1.29, 1.82) is 0 Å². The summed E-state index contributed by atoms with van der Waals surface area (Å²) in [5.74, 6) is 0.646. The molecule has 0 atom stereocenters. The topological polar surface area (TPSA) is 58.1 Å². The van der Waals surface area contributed by atoms with Crippen molar-refractivity contribution in [2.24, 2.45) is 0 Å². The van der Waals surface area contributed by atoms with Gasteiger partial charge in [-0.1, -0.05) is 31.4 Å². The van der Waals surface area contributed by atoms with Crippen molar-refractivity contribution in [3.63, 3.8) is 0 Å². The molecule has 25 heavy (non-hydrogen) atoms. The second kappa shape index (κ2) is 8.10. The number of carbonyl (C=O) groups excluding carboxylic acids is 1. The van der Waals surface area contributed by atoms with Crippen LogP contribution in [0.2, 0.25) is 0 Å². The Hall–Kier alpha value is -2.43. The smallest absolute Gasteiger partial charge is 0.277 e. The van der Waals surface area contributed by atoms with Crippen LogP contribution in [0.25, 0.3) is 0 Å². The van der Waals surface area contributed by atoms with Crippen LogP contribution in [0.3, 0.4) is 0 Å². The maximum absolute atomic E-state index is 12.9. The monoisotopic (exact) mass is 338 g/mol. The van der Waals surface area contributed by atoms with E-state index in [0.29, 0.717) is 18.3 Å². The molecular formula is C20H26N4O. The van der Waals surface area contributed by atoms with E-state index in [1.54, 1.807) is 11.0 Å². The van der Waals surface area contributed by atoms with Gasteiger partial charge in [-0.25, -0.2) is 9.97 Å². The van der Waals surface area contributed by atoms with Crippen LogP contribution < -0.4 is 10.2 Å². The average Bonchev–Trinajstić information content (AvgIpc) is 2.63. The lowest BCUT2D eigenvalue weighted by molar-refractivity contribution is 0.0983. The highest BCUT2D eigenvalue weighted by molar-refractivity contribution is 6.05. The molecule has 1 aliphatic carbocycles. The predicted molar refractivity (Wildman–Crippen MR) is 101 cm³/mol. The van der Waals surface area contributed by atoms with Gasteiger partial charge in [-0.3, -0.25) is 4.79 Å². The van der Waals surface area contributed by atoms with E-state index in [0.717, 1.165) is 29.9 Å². The number of aryl methyl sites for hydroxylation is 1. The number of hydrogen-bond donors (Lipinski definition) is 1. The lowest BCUT2D eigenvalue weighted by Crippen LogP contribution is -2.31. The zero-order valence-electron chi connectivity index (χ0n) is 15.0. The second-order valence-corrected chi connectivity index (χ2v) is 6.66. The minimum atomic E-state index is -0.0952. The summed E-state index contributed by atoms with van der Waals surface area (Å²) in [4.78, 5) is 23.2. The maximum Gasteiger partial charge on any atom is 0.277 e. The molecule has 2 aromatic rings. The Labute approximate surface area is 149 Å². The molecule has 0 aliphatic heterocycles. The molecule has 5 nitrogen and oxygen atoms in total. The van der Waals surface area contributed by atoms with Gasteiger partial charge >= 0.3 is 0 Å². The van der Waals surface area contributed by atoms with E-state index in [1.165, 1.54) is 25.6 Å². The fraction of sp³-hybridized carbons (Fsp3) is 0.450. The van der Waals surface area contributed by atoms with E-state index < -0.39 is 0 Å². The average molecular weight is 338 g/mol. The Morgan fingerprint density at radius 3 is 2.72 bits per heavy atom. The van der Waals surface area contributed by atoms with Crippen LogP contribution in [0, 0.1) is 6.92 Å². The first kappa shape index (κ1) is 17.4. The van der Waals surface area contributed by atoms with Gasteiger partial charge in [-0.2, -0.15) is 0 Å². The van der Waals surface area contributed by atoms with Gasteiger partial charge in [-0.15, -0.1) is 0 Å². The highest BCUT2D eigenvalue weighted by atomic mass is 16.2. The Bertz CT molecular complexity index is 725. The van der Waals surface area contributed by atoms with Gasteiger partial charge in [0.15, 0.2) is 0 Å². The standard InChI is InChI=1S/C20H26N4O/c1-3-24(17-11-7-8-15(2)12-17)20(25)18-13-19(22-14-21-18)23-16-9-5-4-6-10-16/h7-8,11-14,16H,3-6,9-10H2,1-2H3,(H,21,22,23). The van der Waals surface area contributed by atoms with Gasteiger partial charge in [0.25, 0.3) is 5.91 Å². The van der Waals surface area contributed by atoms with Crippen LogP contribution in [0.1, 0.15) is 55.1 Å². The highest BCUT2D eigenvalue weighted by Gasteiger charge is 2.19. The largest absolute Gasteiger partial charge is 0.367 e. The van der Waals surface area contributed by atoms with Crippen LogP contribution in [-0.4, -0.2) is 28.5 Å². The van der Waals surface area contributed by atoms with Gasteiger partial charge in [0.05, 0.1) is 0 Å². The number of nitrogens with zero attached hydrogens (tertiary/aromatic N) is 3. The zero-order valence-corrected chi connectivity index (χ0v) is 15.0. The maximum atomic E-state index is 12.9. The van der Waals surface area contributed by atoms with E-state index >= 15 is 0 Å². The normalized spacial score (nSPS) is 15.0. The van der Waals surface area contributed by atoms with Crippen molar-refractivity contribution >= 4 is 17.4 Å². The molecule has 1 heterocycles. The third-order valence-electron chi connectivity index (χ3n) is 4.72. The summed E-state index contributed by atoms with van der Waals surface area (Å²) in [5, 5.41) is 3.46. The van der Waals surface area contributed by atoms with Gasteiger partial charge < -0.3 is 10.2 Å². The fourth-order valence-electron chi connectivity index (χ4n) is 3.39. The fourth-order valence-corrected chi connectivity index (χ4v) is 3.39. The summed E-state index contributed by atoms with van der Waals surface area (Å²) in [6.45, 7) is 4.60. The number of aromatic nitrogens is 2. The number of rotatable bonds is 5. The Morgan fingerprint density at radius 1 is 1.20 bits per heavy atom. The molecule has 0 saturated heterocycles. The second-order valence-electron chi connectivity index (χ2n) is 6.66. The van der Waals surface area contributed by atoms with Crippen molar-refractivity contribution in [2.75, 3.05) is 16.8 Å². The van der Waals surface area contributed by atoms with Crippen LogP contribution in [-0.2, 0) is 0 Å². The molecule has 1 N–H and O–H groups in total. The minimum Gasteiger partial charge on any atom is -0.367 e. The van der Waals surface area contributed by atoms with Crippen molar-refractivity contribution in [2.45, 2.75) is 52.0 Å². The molecule has 132 valence electrons. The molecule has 0 bridgehead atoms. The molecule has 1 aromatic carbocycles. The first-order chi connectivity index (χ1) is 12.2. The third-order valence-corrected chi connectivity index (χ3v) is 4.72. The molecule has 0 radical (unpaired) electrons. The number of amides is 1. The Morgan fingerprint density at radius 2 is 2.00 bits per heavy atom. The number of benzene rings is 1. The van der Waals surface area contributed by atoms with Crippen molar-refractivity contribution in [3.8, 4) is 0 Å². The Balaban J connectivity index is 1.77. The minimum absolute atomic E-state index is 0.0952. The SMILES string of the molecule is CCN(C(=O)c1cc(NC2CCCCC2)ncn1)c1cccc(C)c1. The quantitative estimate of drug-likeness (QED) is 0.888. The molecule has 3 rings (SSSR count). The lowest BCUT2D eigenvalue weighted by atomic mass is 9.95. The molecule has 1 fully saturated rings. The van der Waals surface area contributed by atoms with E-state index in [4.69, 9.17) is 0 Å². The summed E-state index contributed by atoms with van der Waals surface area (Å²) < 4.78 is 0. The van der Waals surface area contributed by atoms with Crippen molar-refractivity contribution in [1.82, 2.24) is 9.97 Å². The summed E-state index contributed by atoms with van der Waals surface area (Å²) in [6.07, 6.45) is 7.63. The number of anilines is 2. The van der Waals surface area contributed by atoms with Gasteiger partial charge in [-0.05, 0) is 44.4 Å². The first-order valence-corrected chi connectivity index (χ1v) is 9.14. The number of hydrogen-bond acceptors (Lipinski definition) is 4. The van der Waals surface area contributed by atoms with Gasteiger partial charge in [0.1, 0.15) is 17.8 Å². The molecule has 5 heteroatoms. The lowest BCUT2D eigenvalue weighted by Gasteiger charge is -2.24. The summed E-state index contributed by atoms with van der Waals surface area (Å²) in [6, 6.07) is 10.2. The van der Waals surface area contributed by atoms with Crippen LogP contribution >= 0.6 is 0 Å². The molecule has 1 saturated carbocycles. The van der Waals surface area contributed by atoms with Gasteiger partial charge in [0.2, 0.25) is 0 Å². The van der Waals surface area contributed by atoms with Crippen LogP contribution in [0.5, 0.6) is 0 Å². The molecule has 1 aliphatic rings. The van der Waals surface area contributed by atoms with Crippen molar-refractivity contribution < 1.29 is 4.79 Å². The molecule has 0 spiro atoms. The van der Waals surface area contributed by atoms with E-state index in [9.17, 15) is 4.79 Å². The Kier molecular flexibility index (Phi) is 5.64. The number of carbonyl (C=O) groups is 1. The van der Waals surface area contributed by atoms with E-state index in [1.807, 2.05) is 38.1 Å². The first-order valence-electron chi connectivity index (χ1n) is 9.14. The summed E-state index contributed by atoms with van der Waals surface area (Å²) >= 11 is 0. The molecular weight excluding hydrogens is 312 g/mol. The molecule has 1 aromatic heterocycles. The van der Waals surface area contributed by atoms with Crippen LogP contribution in [0.15, 0.2) is 36.7 Å². The summed E-state index contributed by atoms with van der Waals surface area (Å²) in [7, 11) is 0. The van der Waals surface area contributed by atoms with Gasteiger partial charge in [0, 0.05) is 24.3 Å². The van der Waals surface area contributed by atoms with E-state index in [-0.39, 0.29) is 5.91 Å². The number of nitrogens with one attached hydrogen (secondary N) is 1. The highest BCUT2D eigenvalue weighted by Crippen LogP contribution is 2.22. The molecule has 0 unspecified atom stereocenters.